The Labute approximate surface area is 122 Å². The molecule has 0 aliphatic carbocycles. The smallest absolute Gasteiger partial charge is 0.319 e. The topological polar surface area (TPSA) is 70.2 Å². The molecule has 1 aliphatic rings. The highest BCUT2D eigenvalue weighted by Gasteiger charge is 2.17. The molecule has 1 atom stereocenters. The highest BCUT2D eigenvalue weighted by molar-refractivity contribution is 7.98. The lowest BCUT2D eigenvalue weighted by molar-refractivity contribution is -0.120. The van der Waals surface area contributed by atoms with Gasteiger partial charge < -0.3 is 16.0 Å². The second-order valence-electron chi connectivity index (χ2n) is 4.70. The van der Waals surface area contributed by atoms with Gasteiger partial charge in [-0.2, -0.15) is 0 Å². The summed E-state index contributed by atoms with van der Waals surface area (Å²) in [5.41, 5.74) is 0.767. The molecule has 108 valence electrons. The van der Waals surface area contributed by atoms with Crippen LogP contribution in [-0.4, -0.2) is 30.8 Å². The normalized spacial score (nSPS) is 18.9. The van der Waals surface area contributed by atoms with E-state index < -0.39 is 0 Å². The van der Waals surface area contributed by atoms with Crippen molar-refractivity contribution in [3.05, 3.63) is 24.3 Å². The van der Waals surface area contributed by atoms with Gasteiger partial charge in [0.2, 0.25) is 5.91 Å². The summed E-state index contributed by atoms with van der Waals surface area (Å²) in [4.78, 5) is 24.3. The molecule has 1 aromatic rings. The van der Waals surface area contributed by atoms with Gasteiger partial charge >= 0.3 is 6.03 Å². The molecule has 1 aromatic carbocycles. The first-order chi connectivity index (χ1) is 9.67. The Morgan fingerprint density at radius 2 is 2.05 bits per heavy atom. The zero-order valence-corrected chi connectivity index (χ0v) is 12.3. The van der Waals surface area contributed by atoms with E-state index in [2.05, 4.69) is 16.0 Å². The van der Waals surface area contributed by atoms with Gasteiger partial charge in [0.15, 0.2) is 0 Å². The van der Waals surface area contributed by atoms with Gasteiger partial charge in [-0.05, 0) is 43.4 Å². The molecular formula is C14H19N3O2S. The third kappa shape index (κ3) is 4.45. The molecule has 1 saturated heterocycles. The van der Waals surface area contributed by atoms with Crippen LogP contribution in [0.5, 0.6) is 0 Å². The van der Waals surface area contributed by atoms with Crippen molar-refractivity contribution in [2.45, 2.75) is 30.2 Å². The molecule has 1 unspecified atom stereocenters. The minimum Gasteiger partial charge on any atom is -0.356 e. The monoisotopic (exact) mass is 293 g/mol. The lowest BCUT2D eigenvalue weighted by Gasteiger charge is -2.16. The first-order valence-corrected chi connectivity index (χ1v) is 7.88. The van der Waals surface area contributed by atoms with Crippen LogP contribution >= 0.6 is 11.8 Å². The molecule has 5 nitrogen and oxygen atoms in total. The average Bonchev–Trinajstić information content (AvgIpc) is 2.64. The van der Waals surface area contributed by atoms with Crippen molar-refractivity contribution >= 4 is 29.4 Å². The maximum atomic E-state index is 11.9. The van der Waals surface area contributed by atoms with Crippen LogP contribution in [-0.2, 0) is 4.79 Å². The van der Waals surface area contributed by atoms with Crippen molar-refractivity contribution in [3.63, 3.8) is 0 Å². The molecule has 0 aromatic heterocycles. The van der Waals surface area contributed by atoms with Crippen LogP contribution < -0.4 is 16.0 Å². The first kappa shape index (κ1) is 14.7. The minimum atomic E-state index is -0.221. The van der Waals surface area contributed by atoms with Crippen LogP contribution in [0, 0.1) is 0 Å². The Balaban J connectivity index is 1.83. The summed E-state index contributed by atoms with van der Waals surface area (Å²) in [5, 5.41) is 8.51. The summed E-state index contributed by atoms with van der Waals surface area (Å²) in [6.07, 6.45) is 3.93. The maximum Gasteiger partial charge on any atom is 0.319 e. The van der Waals surface area contributed by atoms with E-state index in [0.29, 0.717) is 19.4 Å². The van der Waals surface area contributed by atoms with E-state index in [9.17, 15) is 9.59 Å². The fourth-order valence-electron chi connectivity index (χ4n) is 2.10. The van der Waals surface area contributed by atoms with Crippen LogP contribution in [0.25, 0.3) is 0 Å². The second kappa shape index (κ2) is 7.19. The van der Waals surface area contributed by atoms with Gasteiger partial charge in [-0.15, -0.1) is 11.8 Å². The van der Waals surface area contributed by atoms with Crippen molar-refractivity contribution in [3.8, 4) is 0 Å². The van der Waals surface area contributed by atoms with Crippen LogP contribution in [0.15, 0.2) is 29.2 Å². The number of benzene rings is 1. The molecule has 3 N–H and O–H groups in total. The summed E-state index contributed by atoms with van der Waals surface area (Å²) in [5.74, 6) is 0.0577. The second-order valence-corrected chi connectivity index (χ2v) is 5.58. The highest BCUT2D eigenvalue weighted by Crippen LogP contribution is 2.17. The summed E-state index contributed by atoms with van der Waals surface area (Å²) in [6.45, 7) is 0.617. The van der Waals surface area contributed by atoms with Crippen molar-refractivity contribution in [1.82, 2.24) is 10.6 Å². The quantitative estimate of drug-likeness (QED) is 0.748. The van der Waals surface area contributed by atoms with Gasteiger partial charge in [0.05, 0.1) is 0 Å². The molecule has 20 heavy (non-hydrogen) atoms. The van der Waals surface area contributed by atoms with Gasteiger partial charge in [-0.1, -0.05) is 0 Å². The van der Waals surface area contributed by atoms with Gasteiger partial charge in [0.1, 0.15) is 0 Å². The maximum absolute atomic E-state index is 11.9. The fraction of sp³-hybridized carbons (Fsp3) is 0.429. The molecule has 1 fully saturated rings. The summed E-state index contributed by atoms with van der Waals surface area (Å²) < 4.78 is 0. The molecule has 0 spiro atoms. The molecule has 6 heteroatoms. The number of hydrogen-bond acceptors (Lipinski definition) is 3. The number of anilines is 1. The zero-order chi connectivity index (χ0) is 14.4. The van der Waals surface area contributed by atoms with E-state index in [1.165, 1.54) is 0 Å². The fourth-order valence-corrected chi connectivity index (χ4v) is 2.50. The summed E-state index contributed by atoms with van der Waals surface area (Å²) in [6, 6.07) is 7.51. The van der Waals surface area contributed by atoms with E-state index >= 15 is 0 Å². The van der Waals surface area contributed by atoms with Gasteiger partial charge in [-0.25, -0.2) is 4.79 Å². The number of carbonyl (C=O) groups is 2. The summed E-state index contributed by atoms with van der Waals surface area (Å²) in [7, 11) is 0. The Morgan fingerprint density at radius 1 is 1.30 bits per heavy atom. The minimum absolute atomic E-state index is 0.0411. The number of urea groups is 1. The van der Waals surface area contributed by atoms with Gasteiger partial charge in [0.25, 0.3) is 0 Å². The predicted molar refractivity (Wildman–Crippen MR) is 81.0 cm³/mol. The van der Waals surface area contributed by atoms with E-state index in [1.54, 1.807) is 11.8 Å². The van der Waals surface area contributed by atoms with Crippen molar-refractivity contribution < 1.29 is 9.59 Å². The molecule has 0 bridgehead atoms. The highest BCUT2D eigenvalue weighted by atomic mass is 32.2. The zero-order valence-electron chi connectivity index (χ0n) is 11.4. The van der Waals surface area contributed by atoms with E-state index in [-0.39, 0.29) is 18.0 Å². The summed E-state index contributed by atoms with van der Waals surface area (Å²) >= 11 is 1.66. The van der Waals surface area contributed by atoms with Crippen molar-refractivity contribution in [2.75, 3.05) is 18.1 Å². The van der Waals surface area contributed by atoms with Crippen molar-refractivity contribution in [2.24, 2.45) is 0 Å². The molecule has 0 radical (unpaired) electrons. The number of rotatable bonds is 3. The van der Waals surface area contributed by atoms with Crippen LogP contribution in [0.1, 0.15) is 19.3 Å². The number of carbonyl (C=O) groups excluding carboxylic acids is 2. The predicted octanol–water partition coefficient (Wildman–Crippen LogP) is 2.20. The number of hydrogen-bond donors (Lipinski definition) is 3. The Kier molecular flexibility index (Phi) is 5.29. The van der Waals surface area contributed by atoms with Crippen LogP contribution in [0.4, 0.5) is 10.5 Å². The first-order valence-electron chi connectivity index (χ1n) is 6.65. The van der Waals surface area contributed by atoms with Crippen molar-refractivity contribution in [1.29, 1.82) is 0 Å². The molecular weight excluding hydrogens is 274 g/mol. The molecule has 1 aliphatic heterocycles. The van der Waals surface area contributed by atoms with Crippen LogP contribution in [0.3, 0.4) is 0 Å². The number of nitrogens with one attached hydrogen (secondary N) is 3. The number of amides is 3. The number of thioether (sulfide) groups is 1. The SMILES string of the molecule is CSc1ccc(NC(=O)NC2CCNC(=O)CC2)cc1. The lowest BCUT2D eigenvalue weighted by Crippen LogP contribution is -2.38. The van der Waals surface area contributed by atoms with Gasteiger partial charge in [-0.3, -0.25) is 4.79 Å². The lowest BCUT2D eigenvalue weighted by atomic mass is 10.1. The Bertz CT molecular complexity index is 476. The average molecular weight is 293 g/mol. The molecule has 2 rings (SSSR count). The van der Waals surface area contributed by atoms with Crippen LogP contribution in [0.2, 0.25) is 0 Å². The largest absolute Gasteiger partial charge is 0.356 e. The van der Waals surface area contributed by atoms with E-state index in [0.717, 1.165) is 17.0 Å². The Hall–Kier alpha value is -1.69. The van der Waals surface area contributed by atoms with E-state index in [1.807, 2.05) is 30.5 Å². The third-order valence-corrected chi connectivity index (χ3v) is 3.96. The Morgan fingerprint density at radius 3 is 2.75 bits per heavy atom. The molecule has 0 saturated carbocycles. The molecule has 3 amide bonds. The van der Waals surface area contributed by atoms with Gasteiger partial charge in [0, 0.05) is 29.6 Å². The third-order valence-electron chi connectivity index (χ3n) is 3.22. The molecule has 1 heterocycles. The van der Waals surface area contributed by atoms with E-state index in [4.69, 9.17) is 0 Å². The standard InChI is InChI=1S/C14H19N3O2S/c1-20-12-5-2-10(3-6-12)16-14(19)17-11-4-7-13(18)15-9-8-11/h2-3,5-6,11H,4,7-9H2,1H3,(H,15,18)(H2,16,17,19).